The molecule has 1 atom stereocenters. The molecule has 1 N–H and O–H groups in total. The second-order valence-corrected chi connectivity index (χ2v) is 5.64. The van der Waals surface area contributed by atoms with Gasteiger partial charge in [-0.15, -0.1) is 0 Å². The molecule has 0 aliphatic carbocycles. The second-order valence-electron chi connectivity index (χ2n) is 5.64. The van der Waals surface area contributed by atoms with Gasteiger partial charge < -0.3 is 10.1 Å². The van der Waals surface area contributed by atoms with E-state index in [0.717, 1.165) is 24.8 Å². The van der Waals surface area contributed by atoms with Crippen LogP contribution >= 0.6 is 0 Å². The van der Waals surface area contributed by atoms with Crippen molar-refractivity contribution in [3.63, 3.8) is 0 Å². The predicted molar refractivity (Wildman–Crippen MR) is 87.0 cm³/mol. The number of pyridine rings is 1. The summed E-state index contributed by atoms with van der Waals surface area (Å²) in [6.07, 6.45) is 6.36. The fourth-order valence-electron chi connectivity index (χ4n) is 2.72. The summed E-state index contributed by atoms with van der Waals surface area (Å²) in [4.78, 5) is 16.8. The Labute approximate surface area is 139 Å². The van der Waals surface area contributed by atoms with E-state index in [2.05, 4.69) is 32.7 Å². The Morgan fingerprint density at radius 1 is 1.42 bits per heavy atom. The minimum atomic E-state index is -0.455. The number of allylic oxidation sites excluding steroid dienone is 1. The Morgan fingerprint density at radius 2 is 2.29 bits per heavy atom. The van der Waals surface area contributed by atoms with E-state index in [0.29, 0.717) is 23.8 Å². The topological polar surface area (TPSA) is 94.8 Å². The Hall–Kier alpha value is -2.77. The van der Waals surface area contributed by atoms with Crippen molar-refractivity contribution in [2.75, 3.05) is 11.9 Å². The Balaban J connectivity index is 1.91. The summed E-state index contributed by atoms with van der Waals surface area (Å²) < 4.78 is 7.03. The molecule has 8 nitrogen and oxygen atoms in total. The van der Waals surface area contributed by atoms with Crippen molar-refractivity contribution in [2.24, 2.45) is 0 Å². The molecule has 2 aromatic heterocycles. The van der Waals surface area contributed by atoms with Crippen LogP contribution in [-0.2, 0) is 9.53 Å². The van der Waals surface area contributed by atoms with Gasteiger partial charge in [-0.05, 0) is 35.4 Å². The molecule has 0 amide bonds. The van der Waals surface area contributed by atoms with Crippen LogP contribution in [-0.4, -0.2) is 37.8 Å². The number of nitrogens with zero attached hydrogens (tertiary/aromatic N) is 5. The van der Waals surface area contributed by atoms with E-state index in [4.69, 9.17) is 4.74 Å². The van der Waals surface area contributed by atoms with Crippen LogP contribution in [0.4, 0.5) is 5.95 Å². The highest BCUT2D eigenvalue weighted by Crippen LogP contribution is 2.34. The van der Waals surface area contributed by atoms with Gasteiger partial charge in [0.05, 0.1) is 12.2 Å². The number of carbonyl (C=O) groups excluding carboxylic acids is 1. The largest absolute Gasteiger partial charge is 0.462 e. The van der Waals surface area contributed by atoms with Crippen molar-refractivity contribution in [3.05, 3.63) is 41.4 Å². The van der Waals surface area contributed by atoms with E-state index >= 15 is 0 Å². The lowest BCUT2D eigenvalue weighted by molar-refractivity contribution is -0.139. The normalized spacial score (nSPS) is 16.5. The number of tetrazole rings is 1. The monoisotopic (exact) mass is 328 g/mol. The molecule has 0 saturated heterocycles. The maximum Gasteiger partial charge on any atom is 0.338 e. The van der Waals surface area contributed by atoms with Crippen LogP contribution in [0, 0.1) is 0 Å². The van der Waals surface area contributed by atoms with Crippen molar-refractivity contribution < 1.29 is 9.53 Å². The predicted octanol–water partition coefficient (Wildman–Crippen LogP) is 2.09. The van der Waals surface area contributed by atoms with Gasteiger partial charge in [0.1, 0.15) is 6.04 Å². The molecule has 0 aromatic carbocycles. The molecule has 0 unspecified atom stereocenters. The fraction of sp³-hybridized carbons (Fsp3) is 0.438. The summed E-state index contributed by atoms with van der Waals surface area (Å²) in [5.74, 6) is 0.134. The van der Waals surface area contributed by atoms with Gasteiger partial charge in [0.2, 0.25) is 5.95 Å². The summed E-state index contributed by atoms with van der Waals surface area (Å²) >= 11 is 0. The molecule has 3 rings (SSSR count). The second kappa shape index (κ2) is 7.20. The van der Waals surface area contributed by atoms with E-state index in [9.17, 15) is 4.79 Å². The third-order valence-corrected chi connectivity index (χ3v) is 3.92. The third kappa shape index (κ3) is 3.12. The number of rotatable bonds is 6. The zero-order valence-corrected chi connectivity index (χ0v) is 13.8. The van der Waals surface area contributed by atoms with Crippen LogP contribution in [0.1, 0.15) is 44.7 Å². The molecule has 0 fully saturated rings. The van der Waals surface area contributed by atoms with Gasteiger partial charge in [-0.2, -0.15) is 4.68 Å². The molecule has 2 aromatic rings. The molecule has 0 saturated carbocycles. The number of unbranched alkanes of at least 4 members (excludes halogenated alkanes) is 2. The first-order valence-corrected chi connectivity index (χ1v) is 8.05. The van der Waals surface area contributed by atoms with Crippen molar-refractivity contribution in [1.82, 2.24) is 25.2 Å². The van der Waals surface area contributed by atoms with Crippen molar-refractivity contribution >= 4 is 11.9 Å². The zero-order valence-electron chi connectivity index (χ0n) is 13.8. The minimum absolute atomic E-state index is 0.355. The van der Waals surface area contributed by atoms with E-state index in [-0.39, 0.29) is 5.97 Å². The van der Waals surface area contributed by atoms with Crippen LogP contribution in [0.3, 0.4) is 0 Å². The number of nitrogens with one attached hydrogen (secondary N) is 1. The molecular formula is C16H20N6O2. The first kappa shape index (κ1) is 16.1. The molecule has 1 aliphatic rings. The molecule has 8 heteroatoms. The SMILES string of the molecule is CCCCCOC(=O)C1=C(C)Nc2nnnn2[C@@H]1c1cccnc1. The first-order chi connectivity index (χ1) is 11.7. The molecule has 3 heterocycles. The van der Waals surface area contributed by atoms with Gasteiger partial charge in [-0.3, -0.25) is 4.98 Å². The number of esters is 1. The summed E-state index contributed by atoms with van der Waals surface area (Å²) in [7, 11) is 0. The third-order valence-electron chi connectivity index (χ3n) is 3.92. The smallest absolute Gasteiger partial charge is 0.338 e. The van der Waals surface area contributed by atoms with Crippen LogP contribution in [0.25, 0.3) is 0 Å². The molecule has 24 heavy (non-hydrogen) atoms. The summed E-state index contributed by atoms with van der Waals surface area (Å²) in [6, 6.07) is 3.26. The van der Waals surface area contributed by atoms with Gasteiger partial charge in [0.25, 0.3) is 0 Å². The maximum atomic E-state index is 12.7. The van der Waals surface area contributed by atoms with Gasteiger partial charge in [0.15, 0.2) is 0 Å². The lowest BCUT2D eigenvalue weighted by atomic mass is 9.97. The highest BCUT2D eigenvalue weighted by atomic mass is 16.5. The number of ether oxygens (including phenoxy) is 1. The lowest BCUT2D eigenvalue weighted by Crippen LogP contribution is -2.30. The van der Waals surface area contributed by atoms with E-state index < -0.39 is 6.04 Å². The molecule has 1 aliphatic heterocycles. The number of aromatic nitrogens is 5. The number of hydrogen-bond donors (Lipinski definition) is 1. The van der Waals surface area contributed by atoms with Crippen LogP contribution < -0.4 is 5.32 Å². The number of carbonyl (C=O) groups is 1. The minimum Gasteiger partial charge on any atom is -0.462 e. The molecule has 0 radical (unpaired) electrons. The van der Waals surface area contributed by atoms with Gasteiger partial charge in [-0.25, -0.2) is 4.79 Å². The number of fused-ring (bicyclic) bond motifs is 1. The zero-order chi connectivity index (χ0) is 16.9. The standard InChI is InChI=1S/C16H20N6O2/c1-3-4-5-9-24-15(23)13-11(2)18-16-19-20-21-22(16)14(13)12-7-6-8-17-10-12/h6-8,10,14H,3-5,9H2,1-2H3,(H,18,19,21)/t14-/m1/s1. The van der Waals surface area contributed by atoms with Crippen molar-refractivity contribution in [1.29, 1.82) is 0 Å². The average molecular weight is 328 g/mol. The van der Waals surface area contributed by atoms with Gasteiger partial charge >= 0.3 is 5.97 Å². The van der Waals surface area contributed by atoms with Crippen molar-refractivity contribution in [3.8, 4) is 0 Å². The van der Waals surface area contributed by atoms with E-state index in [1.165, 1.54) is 0 Å². The van der Waals surface area contributed by atoms with Crippen LogP contribution in [0.15, 0.2) is 35.8 Å². The first-order valence-electron chi connectivity index (χ1n) is 8.05. The van der Waals surface area contributed by atoms with Gasteiger partial charge in [0, 0.05) is 18.1 Å². The quantitative estimate of drug-likeness (QED) is 0.641. The van der Waals surface area contributed by atoms with Gasteiger partial charge in [-0.1, -0.05) is 30.9 Å². The van der Waals surface area contributed by atoms with E-state index in [1.807, 2.05) is 19.1 Å². The Morgan fingerprint density at radius 3 is 3.04 bits per heavy atom. The average Bonchev–Trinajstić information content (AvgIpc) is 3.06. The van der Waals surface area contributed by atoms with Crippen molar-refractivity contribution in [2.45, 2.75) is 39.2 Å². The van der Waals surface area contributed by atoms with E-state index in [1.54, 1.807) is 17.1 Å². The molecule has 0 spiro atoms. The Bertz CT molecular complexity index is 740. The maximum absolute atomic E-state index is 12.7. The Kier molecular flexibility index (Phi) is 4.83. The number of hydrogen-bond acceptors (Lipinski definition) is 7. The molecular weight excluding hydrogens is 308 g/mol. The number of anilines is 1. The highest BCUT2D eigenvalue weighted by molar-refractivity contribution is 5.92. The highest BCUT2D eigenvalue weighted by Gasteiger charge is 2.34. The fourth-order valence-corrected chi connectivity index (χ4v) is 2.72. The van der Waals surface area contributed by atoms with Crippen LogP contribution in [0.2, 0.25) is 0 Å². The summed E-state index contributed by atoms with van der Waals surface area (Å²) in [5.41, 5.74) is 2.01. The molecule has 126 valence electrons. The lowest BCUT2D eigenvalue weighted by Gasteiger charge is -2.27. The molecule has 0 bridgehead atoms. The summed E-state index contributed by atoms with van der Waals surface area (Å²) in [5, 5.41) is 14.7. The van der Waals surface area contributed by atoms with Crippen LogP contribution in [0.5, 0.6) is 0 Å². The summed E-state index contributed by atoms with van der Waals surface area (Å²) in [6.45, 7) is 4.34.